The van der Waals surface area contributed by atoms with E-state index < -0.39 is 0 Å². The summed E-state index contributed by atoms with van der Waals surface area (Å²) < 4.78 is 7.13. The second kappa shape index (κ2) is 4.89. The minimum Gasteiger partial charge on any atom is -0.339 e. The molecule has 0 saturated carbocycles. The number of nitrogens with one attached hydrogen (secondary N) is 1. The van der Waals surface area contributed by atoms with Gasteiger partial charge in [0.05, 0.1) is 11.8 Å². The van der Waals surface area contributed by atoms with E-state index in [1.54, 1.807) is 10.9 Å². The summed E-state index contributed by atoms with van der Waals surface area (Å²) in [4.78, 5) is 4.50. The number of hydrogen-bond acceptors (Lipinski definition) is 5. The largest absolute Gasteiger partial charge is 0.339 e. The molecule has 1 aliphatic heterocycles. The van der Waals surface area contributed by atoms with Crippen LogP contribution in [0.3, 0.4) is 0 Å². The van der Waals surface area contributed by atoms with Crippen LogP contribution >= 0.6 is 0 Å². The maximum atomic E-state index is 5.40. The molecule has 0 amide bonds. The summed E-state index contributed by atoms with van der Waals surface area (Å²) in [5, 5.41) is 11.5. The summed E-state index contributed by atoms with van der Waals surface area (Å²) in [5.74, 6) is 1.78. The van der Waals surface area contributed by atoms with Gasteiger partial charge in [0, 0.05) is 19.2 Å². The Morgan fingerprint density at radius 1 is 1.39 bits per heavy atom. The van der Waals surface area contributed by atoms with Crippen LogP contribution in [-0.2, 0) is 7.05 Å². The predicted octanol–water partition coefficient (Wildman–Crippen LogP) is 1.33. The van der Waals surface area contributed by atoms with Crippen LogP contribution in [0.1, 0.15) is 31.1 Å². The van der Waals surface area contributed by atoms with E-state index in [4.69, 9.17) is 4.52 Å². The lowest BCUT2D eigenvalue weighted by molar-refractivity contribution is 0.343. The molecule has 0 spiro atoms. The standard InChI is InChI=1S/C12H17N5O/c1-17-8-10(7-14-17)11-15-12(18-16-11)9-3-2-5-13-6-4-9/h7-9,13H,2-6H2,1H3/t9-/m1/s1. The van der Waals surface area contributed by atoms with Gasteiger partial charge in [0.1, 0.15) is 0 Å². The number of rotatable bonds is 2. The summed E-state index contributed by atoms with van der Waals surface area (Å²) in [7, 11) is 1.88. The van der Waals surface area contributed by atoms with E-state index in [0.29, 0.717) is 11.7 Å². The van der Waals surface area contributed by atoms with Crippen molar-refractivity contribution in [3.05, 3.63) is 18.3 Å². The first-order valence-corrected chi connectivity index (χ1v) is 6.36. The van der Waals surface area contributed by atoms with Gasteiger partial charge in [-0.15, -0.1) is 0 Å². The average Bonchev–Trinajstić information content (AvgIpc) is 2.92. The molecule has 6 nitrogen and oxygen atoms in total. The zero-order valence-corrected chi connectivity index (χ0v) is 10.5. The average molecular weight is 247 g/mol. The summed E-state index contributed by atoms with van der Waals surface area (Å²) in [6.07, 6.45) is 6.98. The Balaban J connectivity index is 1.80. The molecule has 1 saturated heterocycles. The van der Waals surface area contributed by atoms with Gasteiger partial charge >= 0.3 is 0 Å². The Morgan fingerprint density at radius 3 is 3.17 bits per heavy atom. The second-order valence-corrected chi connectivity index (χ2v) is 4.74. The molecule has 2 aromatic rings. The predicted molar refractivity (Wildman–Crippen MR) is 66.0 cm³/mol. The van der Waals surface area contributed by atoms with Crippen LogP contribution in [0, 0.1) is 0 Å². The van der Waals surface area contributed by atoms with E-state index in [0.717, 1.165) is 43.8 Å². The molecule has 0 radical (unpaired) electrons. The molecule has 1 fully saturated rings. The Labute approximate surface area is 105 Å². The van der Waals surface area contributed by atoms with E-state index >= 15 is 0 Å². The van der Waals surface area contributed by atoms with Crippen LogP contribution < -0.4 is 5.32 Å². The van der Waals surface area contributed by atoms with Crippen molar-refractivity contribution in [1.82, 2.24) is 25.2 Å². The SMILES string of the molecule is Cn1cc(-c2noc([C@@H]3CCCNCC3)n2)cn1. The Bertz CT molecular complexity index is 510. The Morgan fingerprint density at radius 2 is 2.33 bits per heavy atom. The van der Waals surface area contributed by atoms with Gasteiger partial charge in [-0.25, -0.2) is 0 Å². The topological polar surface area (TPSA) is 68.8 Å². The highest BCUT2D eigenvalue weighted by atomic mass is 16.5. The Kier molecular flexibility index (Phi) is 3.10. The normalized spacial score (nSPS) is 20.8. The minimum atomic E-state index is 0.387. The first-order chi connectivity index (χ1) is 8.83. The lowest BCUT2D eigenvalue weighted by Crippen LogP contribution is -2.13. The van der Waals surface area contributed by atoms with Gasteiger partial charge in [-0.3, -0.25) is 4.68 Å². The molecule has 0 aliphatic carbocycles. The maximum absolute atomic E-state index is 5.40. The zero-order valence-electron chi connectivity index (χ0n) is 10.5. The lowest BCUT2D eigenvalue weighted by Gasteiger charge is -2.06. The molecule has 1 aliphatic rings. The van der Waals surface area contributed by atoms with E-state index in [-0.39, 0.29) is 0 Å². The maximum Gasteiger partial charge on any atom is 0.230 e. The molecule has 96 valence electrons. The smallest absolute Gasteiger partial charge is 0.230 e. The summed E-state index contributed by atoms with van der Waals surface area (Å²) in [6, 6.07) is 0. The highest BCUT2D eigenvalue weighted by molar-refractivity contribution is 5.51. The van der Waals surface area contributed by atoms with Crippen LogP contribution in [-0.4, -0.2) is 33.0 Å². The zero-order chi connectivity index (χ0) is 12.4. The van der Waals surface area contributed by atoms with Gasteiger partial charge in [0.25, 0.3) is 0 Å². The van der Waals surface area contributed by atoms with Gasteiger partial charge in [-0.1, -0.05) is 5.16 Å². The molecule has 6 heteroatoms. The van der Waals surface area contributed by atoms with Crippen molar-refractivity contribution in [2.45, 2.75) is 25.2 Å². The minimum absolute atomic E-state index is 0.387. The molecule has 2 aromatic heterocycles. The summed E-state index contributed by atoms with van der Waals surface area (Å²) >= 11 is 0. The fraction of sp³-hybridized carbons (Fsp3) is 0.583. The molecular formula is C12H17N5O. The number of aromatic nitrogens is 4. The van der Waals surface area contributed by atoms with Crippen molar-refractivity contribution in [2.75, 3.05) is 13.1 Å². The highest BCUT2D eigenvalue weighted by Crippen LogP contribution is 2.26. The van der Waals surface area contributed by atoms with Crippen molar-refractivity contribution in [2.24, 2.45) is 7.05 Å². The third kappa shape index (κ3) is 2.28. The van der Waals surface area contributed by atoms with Crippen molar-refractivity contribution in [1.29, 1.82) is 0 Å². The van der Waals surface area contributed by atoms with E-state index in [2.05, 4.69) is 20.6 Å². The van der Waals surface area contributed by atoms with Gasteiger partial charge in [0.15, 0.2) is 0 Å². The molecule has 0 aromatic carbocycles. The summed E-state index contributed by atoms with van der Waals surface area (Å²) in [6.45, 7) is 2.11. The highest BCUT2D eigenvalue weighted by Gasteiger charge is 2.21. The van der Waals surface area contributed by atoms with Crippen LogP contribution in [0.2, 0.25) is 0 Å². The Hall–Kier alpha value is -1.69. The molecule has 18 heavy (non-hydrogen) atoms. The number of nitrogens with zero attached hydrogens (tertiary/aromatic N) is 4. The first-order valence-electron chi connectivity index (χ1n) is 6.36. The van der Waals surface area contributed by atoms with Crippen molar-refractivity contribution >= 4 is 0 Å². The molecule has 3 heterocycles. The molecule has 0 bridgehead atoms. The fourth-order valence-electron chi connectivity index (χ4n) is 2.32. The molecule has 3 rings (SSSR count). The number of aryl methyl sites for hydroxylation is 1. The fourth-order valence-corrected chi connectivity index (χ4v) is 2.32. The quantitative estimate of drug-likeness (QED) is 0.867. The van der Waals surface area contributed by atoms with Crippen LogP contribution in [0.4, 0.5) is 0 Å². The second-order valence-electron chi connectivity index (χ2n) is 4.74. The number of hydrogen-bond donors (Lipinski definition) is 1. The van der Waals surface area contributed by atoms with E-state index in [1.807, 2.05) is 13.2 Å². The molecule has 1 N–H and O–H groups in total. The van der Waals surface area contributed by atoms with Crippen LogP contribution in [0.25, 0.3) is 11.4 Å². The van der Waals surface area contributed by atoms with Crippen molar-refractivity contribution in [3.63, 3.8) is 0 Å². The third-order valence-corrected chi connectivity index (χ3v) is 3.33. The van der Waals surface area contributed by atoms with Crippen molar-refractivity contribution < 1.29 is 4.52 Å². The molecule has 1 atom stereocenters. The first kappa shape index (κ1) is 11.4. The van der Waals surface area contributed by atoms with Crippen LogP contribution in [0.15, 0.2) is 16.9 Å². The monoisotopic (exact) mass is 247 g/mol. The molecule has 0 unspecified atom stereocenters. The van der Waals surface area contributed by atoms with E-state index in [1.165, 1.54) is 0 Å². The van der Waals surface area contributed by atoms with Gasteiger partial charge in [-0.05, 0) is 32.4 Å². The lowest BCUT2D eigenvalue weighted by atomic mass is 10.0. The van der Waals surface area contributed by atoms with Gasteiger partial charge in [-0.2, -0.15) is 10.1 Å². The molecular weight excluding hydrogens is 230 g/mol. The third-order valence-electron chi connectivity index (χ3n) is 3.33. The van der Waals surface area contributed by atoms with E-state index in [9.17, 15) is 0 Å². The van der Waals surface area contributed by atoms with Crippen LogP contribution in [0.5, 0.6) is 0 Å². The summed E-state index contributed by atoms with van der Waals surface area (Å²) in [5.41, 5.74) is 0.902. The van der Waals surface area contributed by atoms with Gasteiger partial charge in [0.2, 0.25) is 11.7 Å². The van der Waals surface area contributed by atoms with Crippen molar-refractivity contribution in [3.8, 4) is 11.4 Å². The van der Waals surface area contributed by atoms with Gasteiger partial charge < -0.3 is 9.84 Å².